The minimum absolute atomic E-state index is 0.0712. The SMILES string of the molecule is CCOc1ccccc1NC(=O)C(C)Sc1cccc(NC(=O)c2ccccc2C(=O)O)c1. The van der Waals surface area contributed by atoms with Crippen molar-refractivity contribution in [2.24, 2.45) is 0 Å². The van der Waals surface area contributed by atoms with Crippen LogP contribution in [0.3, 0.4) is 0 Å². The molecule has 0 aromatic heterocycles. The number of anilines is 2. The number of carbonyl (C=O) groups excluding carboxylic acids is 2. The van der Waals surface area contributed by atoms with Gasteiger partial charge in [0.05, 0.1) is 28.7 Å². The largest absolute Gasteiger partial charge is 0.492 e. The highest BCUT2D eigenvalue weighted by molar-refractivity contribution is 8.00. The molecule has 3 N–H and O–H groups in total. The Bertz CT molecular complexity index is 1160. The highest BCUT2D eigenvalue weighted by Gasteiger charge is 2.18. The van der Waals surface area contributed by atoms with Gasteiger partial charge in [0.1, 0.15) is 5.75 Å². The smallest absolute Gasteiger partial charge is 0.336 e. The van der Waals surface area contributed by atoms with E-state index in [1.807, 2.05) is 25.1 Å². The van der Waals surface area contributed by atoms with Gasteiger partial charge >= 0.3 is 5.97 Å². The molecule has 0 heterocycles. The van der Waals surface area contributed by atoms with E-state index in [1.54, 1.807) is 49.4 Å². The Labute approximate surface area is 196 Å². The van der Waals surface area contributed by atoms with E-state index in [2.05, 4.69) is 10.6 Å². The Balaban J connectivity index is 1.67. The van der Waals surface area contributed by atoms with Crippen molar-refractivity contribution in [2.45, 2.75) is 24.0 Å². The molecule has 0 aliphatic carbocycles. The zero-order valence-electron chi connectivity index (χ0n) is 18.2. The number of carbonyl (C=O) groups is 3. The molecule has 0 saturated heterocycles. The summed E-state index contributed by atoms with van der Waals surface area (Å²) in [6.07, 6.45) is 0. The number of carboxylic acids is 1. The van der Waals surface area contributed by atoms with Crippen LogP contribution in [0.1, 0.15) is 34.6 Å². The highest BCUT2D eigenvalue weighted by atomic mass is 32.2. The molecule has 3 rings (SSSR count). The van der Waals surface area contributed by atoms with Gasteiger partial charge in [0.2, 0.25) is 5.91 Å². The van der Waals surface area contributed by atoms with Crippen molar-refractivity contribution in [2.75, 3.05) is 17.2 Å². The van der Waals surface area contributed by atoms with Crippen LogP contribution in [0, 0.1) is 0 Å². The number of aromatic carboxylic acids is 1. The number of nitrogens with one attached hydrogen (secondary N) is 2. The zero-order chi connectivity index (χ0) is 23.8. The molecule has 0 spiro atoms. The second-order valence-corrected chi connectivity index (χ2v) is 8.43. The second kappa shape index (κ2) is 11.2. The molecule has 0 fully saturated rings. The predicted octanol–water partition coefficient (Wildman–Crippen LogP) is 5.16. The first kappa shape index (κ1) is 23.9. The first-order chi connectivity index (χ1) is 15.9. The molecule has 0 radical (unpaired) electrons. The number of amides is 2. The maximum Gasteiger partial charge on any atom is 0.336 e. The number of ether oxygens (including phenoxy) is 1. The maximum atomic E-state index is 12.7. The summed E-state index contributed by atoms with van der Waals surface area (Å²) < 4.78 is 5.55. The summed E-state index contributed by atoms with van der Waals surface area (Å²) in [7, 11) is 0. The lowest BCUT2D eigenvalue weighted by atomic mass is 10.1. The van der Waals surface area contributed by atoms with Gasteiger partial charge in [-0.05, 0) is 56.3 Å². The van der Waals surface area contributed by atoms with Crippen molar-refractivity contribution >= 4 is 40.9 Å². The van der Waals surface area contributed by atoms with Gasteiger partial charge in [0, 0.05) is 10.6 Å². The lowest BCUT2D eigenvalue weighted by molar-refractivity contribution is -0.115. The molecule has 0 aliphatic heterocycles. The summed E-state index contributed by atoms with van der Waals surface area (Å²) >= 11 is 1.34. The monoisotopic (exact) mass is 464 g/mol. The van der Waals surface area contributed by atoms with Crippen molar-refractivity contribution in [3.05, 3.63) is 83.9 Å². The van der Waals surface area contributed by atoms with Gasteiger partial charge in [0.15, 0.2) is 0 Å². The number of hydrogen-bond donors (Lipinski definition) is 3. The fourth-order valence-electron chi connectivity index (χ4n) is 3.06. The van der Waals surface area contributed by atoms with Crippen molar-refractivity contribution in [3.63, 3.8) is 0 Å². The molecule has 8 heteroatoms. The second-order valence-electron chi connectivity index (χ2n) is 7.01. The van der Waals surface area contributed by atoms with Crippen LogP contribution in [0.15, 0.2) is 77.7 Å². The minimum Gasteiger partial charge on any atom is -0.492 e. The maximum absolute atomic E-state index is 12.7. The van der Waals surface area contributed by atoms with Gasteiger partial charge in [-0.3, -0.25) is 9.59 Å². The molecule has 0 bridgehead atoms. The third-order valence-electron chi connectivity index (χ3n) is 4.62. The van der Waals surface area contributed by atoms with Crippen LogP contribution in [0.4, 0.5) is 11.4 Å². The van der Waals surface area contributed by atoms with E-state index >= 15 is 0 Å². The van der Waals surface area contributed by atoms with E-state index in [4.69, 9.17) is 4.74 Å². The Morgan fingerprint density at radius 1 is 0.939 bits per heavy atom. The van der Waals surface area contributed by atoms with Gasteiger partial charge in [-0.2, -0.15) is 0 Å². The van der Waals surface area contributed by atoms with Gasteiger partial charge in [-0.25, -0.2) is 4.79 Å². The summed E-state index contributed by atoms with van der Waals surface area (Å²) in [6, 6.07) is 20.3. The summed E-state index contributed by atoms with van der Waals surface area (Å²) in [5.74, 6) is -1.27. The summed E-state index contributed by atoms with van der Waals surface area (Å²) in [6.45, 7) is 4.16. The lowest BCUT2D eigenvalue weighted by Gasteiger charge is -2.15. The van der Waals surface area contributed by atoms with Gasteiger partial charge in [-0.1, -0.05) is 30.3 Å². The predicted molar refractivity (Wildman–Crippen MR) is 129 cm³/mol. The van der Waals surface area contributed by atoms with Crippen molar-refractivity contribution in [1.29, 1.82) is 0 Å². The Morgan fingerprint density at radius 3 is 2.36 bits per heavy atom. The van der Waals surface area contributed by atoms with E-state index in [1.165, 1.54) is 23.9 Å². The van der Waals surface area contributed by atoms with E-state index in [0.717, 1.165) is 4.90 Å². The van der Waals surface area contributed by atoms with Crippen LogP contribution in [-0.4, -0.2) is 34.7 Å². The van der Waals surface area contributed by atoms with Crippen molar-refractivity contribution in [1.82, 2.24) is 0 Å². The van der Waals surface area contributed by atoms with Crippen LogP contribution in [0.5, 0.6) is 5.75 Å². The Kier molecular flexibility index (Phi) is 8.10. The molecule has 1 unspecified atom stereocenters. The normalized spacial score (nSPS) is 11.3. The topological polar surface area (TPSA) is 105 Å². The van der Waals surface area contributed by atoms with Gasteiger partial charge in [-0.15, -0.1) is 11.8 Å². The van der Waals surface area contributed by atoms with Gasteiger partial charge in [0.25, 0.3) is 5.91 Å². The summed E-state index contributed by atoms with van der Waals surface area (Å²) in [5.41, 5.74) is 1.11. The Hall–Kier alpha value is -3.78. The lowest BCUT2D eigenvalue weighted by Crippen LogP contribution is -2.22. The van der Waals surface area contributed by atoms with Crippen LogP contribution in [-0.2, 0) is 4.79 Å². The zero-order valence-corrected chi connectivity index (χ0v) is 19.0. The number of benzene rings is 3. The van der Waals surface area contributed by atoms with Crippen LogP contribution in [0.25, 0.3) is 0 Å². The molecule has 7 nitrogen and oxygen atoms in total. The van der Waals surface area contributed by atoms with E-state index < -0.39 is 17.1 Å². The third-order valence-corrected chi connectivity index (χ3v) is 5.71. The van der Waals surface area contributed by atoms with Crippen LogP contribution < -0.4 is 15.4 Å². The number of thioether (sulfide) groups is 1. The average Bonchev–Trinajstić information content (AvgIpc) is 2.80. The molecule has 0 saturated carbocycles. The number of para-hydroxylation sites is 2. The van der Waals surface area contributed by atoms with E-state index in [0.29, 0.717) is 23.7 Å². The molecular formula is C25H24N2O5S. The van der Waals surface area contributed by atoms with Crippen molar-refractivity contribution in [3.8, 4) is 5.75 Å². The average molecular weight is 465 g/mol. The minimum atomic E-state index is -1.17. The molecule has 1 atom stereocenters. The van der Waals surface area contributed by atoms with Crippen LogP contribution >= 0.6 is 11.8 Å². The van der Waals surface area contributed by atoms with Crippen molar-refractivity contribution < 1.29 is 24.2 Å². The molecule has 0 aliphatic rings. The fraction of sp³-hybridized carbons (Fsp3) is 0.160. The number of carboxylic acid groups (broad SMARTS) is 1. The molecule has 33 heavy (non-hydrogen) atoms. The van der Waals surface area contributed by atoms with E-state index in [-0.39, 0.29) is 17.0 Å². The molecular weight excluding hydrogens is 440 g/mol. The molecule has 170 valence electrons. The Morgan fingerprint density at radius 2 is 1.64 bits per heavy atom. The molecule has 3 aromatic rings. The van der Waals surface area contributed by atoms with E-state index in [9.17, 15) is 19.5 Å². The standard InChI is InChI=1S/C25H24N2O5S/c1-3-32-22-14-7-6-13-21(22)27-23(28)16(2)33-18-10-8-9-17(15-18)26-24(29)19-11-4-5-12-20(19)25(30)31/h4-16H,3H2,1-2H3,(H,26,29)(H,27,28)(H,30,31). The fourth-order valence-corrected chi connectivity index (χ4v) is 3.98. The number of hydrogen-bond acceptors (Lipinski definition) is 5. The van der Waals surface area contributed by atoms with Crippen LogP contribution in [0.2, 0.25) is 0 Å². The molecule has 3 aromatic carbocycles. The number of rotatable bonds is 9. The van der Waals surface area contributed by atoms with Gasteiger partial charge < -0.3 is 20.5 Å². The summed E-state index contributed by atoms with van der Waals surface area (Å²) in [4.78, 5) is 37.5. The first-order valence-electron chi connectivity index (χ1n) is 10.3. The third kappa shape index (κ3) is 6.36. The quantitative estimate of drug-likeness (QED) is 0.378. The highest BCUT2D eigenvalue weighted by Crippen LogP contribution is 2.29. The first-order valence-corrected chi connectivity index (χ1v) is 11.2. The summed E-state index contributed by atoms with van der Waals surface area (Å²) in [5, 5.41) is 14.5. The molecule has 2 amide bonds.